The monoisotopic (exact) mass is 301 g/mol. The lowest BCUT2D eigenvalue weighted by Crippen LogP contribution is -2.21. The average Bonchev–Trinajstić information content (AvgIpc) is 2.30. The van der Waals surface area contributed by atoms with Gasteiger partial charge in [-0.15, -0.1) is 0 Å². The predicted octanol–water partition coefficient (Wildman–Crippen LogP) is 4.07. The maximum absolute atomic E-state index is 13.4. The summed E-state index contributed by atoms with van der Waals surface area (Å²) in [5.74, 6) is 0.616. The molecular weight excluding hydrogens is 281 g/mol. The van der Waals surface area contributed by atoms with Gasteiger partial charge in [0, 0.05) is 17.4 Å². The lowest BCUT2D eigenvalue weighted by Gasteiger charge is -2.19. The normalized spacial score (nSPS) is 13.0. The molecule has 0 aromatic heterocycles. The fourth-order valence-corrected chi connectivity index (χ4v) is 2.55. The molecule has 3 heteroatoms. The lowest BCUT2D eigenvalue weighted by molar-refractivity contribution is 0.293. The van der Waals surface area contributed by atoms with Crippen LogP contribution in [0.1, 0.15) is 25.3 Å². The number of halogens is 2. The maximum Gasteiger partial charge on any atom is 0.127 e. The van der Waals surface area contributed by atoms with Crippen LogP contribution in [-0.2, 0) is 6.54 Å². The quantitative estimate of drug-likeness (QED) is 0.686. The first-order valence-electron chi connectivity index (χ1n) is 6.11. The number of hydrogen-bond acceptors (Lipinski definition) is 1. The molecule has 1 atom stereocenters. The van der Waals surface area contributed by atoms with E-state index in [9.17, 15) is 4.39 Å². The molecule has 0 spiro atoms. The molecule has 0 saturated carbocycles. The molecule has 0 aliphatic carbocycles. The third kappa shape index (κ3) is 5.64. The van der Waals surface area contributed by atoms with E-state index in [4.69, 9.17) is 0 Å². The van der Waals surface area contributed by atoms with Gasteiger partial charge in [-0.1, -0.05) is 41.1 Å². The van der Waals surface area contributed by atoms with E-state index in [0.29, 0.717) is 6.54 Å². The van der Waals surface area contributed by atoms with Gasteiger partial charge < -0.3 is 4.90 Å². The molecule has 0 saturated heterocycles. The Morgan fingerprint density at radius 3 is 2.65 bits per heavy atom. The summed E-state index contributed by atoms with van der Waals surface area (Å²) in [5.41, 5.74) is 0.781. The van der Waals surface area contributed by atoms with Crippen molar-refractivity contribution in [3.63, 3.8) is 0 Å². The highest BCUT2D eigenvalue weighted by atomic mass is 79.9. The minimum atomic E-state index is -0.104. The van der Waals surface area contributed by atoms with Gasteiger partial charge in [-0.25, -0.2) is 4.39 Å². The Hall–Kier alpha value is -0.410. The van der Waals surface area contributed by atoms with Crippen molar-refractivity contribution < 1.29 is 4.39 Å². The smallest absolute Gasteiger partial charge is 0.127 e. The van der Waals surface area contributed by atoms with Crippen LogP contribution >= 0.6 is 15.9 Å². The lowest BCUT2D eigenvalue weighted by atomic mass is 10.1. The third-order valence-corrected chi connectivity index (χ3v) is 3.46. The molecule has 1 unspecified atom stereocenters. The van der Waals surface area contributed by atoms with Crippen LogP contribution in [0.3, 0.4) is 0 Å². The van der Waals surface area contributed by atoms with Gasteiger partial charge in [-0.3, -0.25) is 0 Å². The molecule has 0 aliphatic heterocycles. The Morgan fingerprint density at radius 2 is 2.00 bits per heavy atom. The number of hydrogen-bond donors (Lipinski definition) is 0. The maximum atomic E-state index is 13.4. The van der Waals surface area contributed by atoms with Crippen LogP contribution in [0.2, 0.25) is 0 Å². The Balaban J connectivity index is 2.34. The second-order valence-electron chi connectivity index (χ2n) is 4.70. The molecule has 17 heavy (non-hydrogen) atoms. The number of benzene rings is 1. The molecule has 1 rings (SSSR count). The van der Waals surface area contributed by atoms with E-state index in [2.05, 4.69) is 27.8 Å². The molecule has 0 N–H and O–H groups in total. The van der Waals surface area contributed by atoms with Gasteiger partial charge in [0.25, 0.3) is 0 Å². The average molecular weight is 302 g/mol. The van der Waals surface area contributed by atoms with E-state index >= 15 is 0 Å². The Labute approximate surface area is 112 Å². The molecule has 0 bridgehead atoms. The molecule has 0 fully saturated rings. The van der Waals surface area contributed by atoms with Crippen LogP contribution < -0.4 is 0 Å². The highest BCUT2D eigenvalue weighted by Crippen LogP contribution is 2.12. The van der Waals surface area contributed by atoms with Crippen LogP contribution in [0.4, 0.5) is 4.39 Å². The summed E-state index contributed by atoms with van der Waals surface area (Å²) in [5, 5.41) is 1.06. The first-order valence-corrected chi connectivity index (χ1v) is 7.23. The van der Waals surface area contributed by atoms with Crippen molar-refractivity contribution in [3.05, 3.63) is 35.6 Å². The Kier molecular flexibility index (Phi) is 6.75. The summed E-state index contributed by atoms with van der Waals surface area (Å²) >= 11 is 3.46. The first-order chi connectivity index (χ1) is 8.13. The van der Waals surface area contributed by atoms with Gasteiger partial charge >= 0.3 is 0 Å². The summed E-state index contributed by atoms with van der Waals surface area (Å²) in [6.45, 7) is 3.97. The fourth-order valence-electron chi connectivity index (χ4n) is 1.77. The largest absolute Gasteiger partial charge is 0.302 e. The third-order valence-electron chi connectivity index (χ3n) is 3.00. The second kappa shape index (κ2) is 7.83. The van der Waals surface area contributed by atoms with Crippen molar-refractivity contribution in [3.8, 4) is 0 Å². The van der Waals surface area contributed by atoms with Gasteiger partial charge in [-0.05, 0) is 38.4 Å². The van der Waals surface area contributed by atoms with Gasteiger partial charge in [0.2, 0.25) is 0 Å². The summed E-state index contributed by atoms with van der Waals surface area (Å²) in [6, 6.07) is 7.00. The molecule has 1 aromatic carbocycles. The minimum Gasteiger partial charge on any atom is -0.302 e. The van der Waals surface area contributed by atoms with Gasteiger partial charge in [-0.2, -0.15) is 0 Å². The molecular formula is C14H21BrFN. The molecule has 0 radical (unpaired) electrons. The van der Waals surface area contributed by atoms with Gasteiger partial charge in [0.05, 0.1) is 0 Å². The standard InChI is InChI=1S/C14H21BrFN/c1-12(7-9-15)8-10-17(2)11-13-5-3-4-6-14(13)16/h3-6,12H,7-11H2,1-2H3. The summed E-state index contributed by atoms with van der Waals surface area (Å²) in [6.07, 6.45) is 2.37. The first kappa shape index (κ1) is 14.7. The number of nitrogens with zero attached hydrogens (tertiary/aromatic N) is 1. The van der Waals surface area contributed by atoms with Crippen molar-refractivity contribution >= 4 is 15.9 Å². The topological polar surface area (TPSA) is 3.24 Å². The molecule has 0 aliphatic rings. The van der Waals surface area contributed by atoms with Crippen LogP contribution in [0.25, 0.3) is 0 Å². The van der Waals surface area contributed by atoms with Gasteiger partial charge in [0.1, 0.15) is 5.82 Å². The number of alkyl halides is 1. The van der Waals surface area contributed by atoms with Crippen LogP contribution in [-0.4, -0.2) is 23.8 Å². The molecule has 0 amide bonds. The summed E-state index contributed by atoms with van der Waals surface area (Å²) in [4.78, 5) is 2.18. The Bertz CT molecular complexity index is 330. The Morgan fingerprint density at radius 1 is 1.29 bits per heavy atom. The van der Waals surface area contributed by atoms with Crippen molar-refractivity contribution in [2.75, 3.05) is 18.9 Å². The zero-order chi connectivity index (χ0) is 12.7. The highest BCUT2D eigenvalue weighted by Gasteiger charge is 2.07. The van der Waals surface area contributed by atoms with E-state index < -0.39 is 0 Å². The predicted molar refractivity (Wildman–Crippen MR) is 74.9 cm³/mol. The van der Waals surface area contributed by atoms with E-state index in [1.54, 1.807) is 6.07 Å². The highest BCUT2D eigenvalue weighted by molar-refractivity contribution is 9.09. The van der Waals surface area contributed by atoms with E-state index in [-0.39, 0.29) is 5.82 Å². The minimum absolute atomic E-state index is 0.104. The SMILES string of the molecule is CC(CCBr)CCN(C)Cc1ccccc1F. The van der Waals surface area contributed by atoms with Crippen LogP contribution in [0.15, 0.2) is 24.3 Å². The van der Waals surface area contributed by atoms with Crippen molar-refractivity contribution in [2.45, 2.75) is 26.3 Å². The van der Waals surface area contributed by atoms with Crippen molar-refractivity contribution in [2.24, 2.45) is 5.92 Å². The fraction of sp³-hybridized carbons (Fsp3) is 0.571. The summed E-state index contributed by atoms with van der Waals surface area (Å²) in [7, 11) is 2.05. The van der Waals surface area contributed by atoms with Crippen LogP contribution in [0.5, 0.6) is 0 Å². The molecule has 1 nitrogen and oxygen atoms in total. The van der Waals surface area contributed by atoms with E-state index in [1.165, 1.54) is 12.5 Å². The van der Waals surface area contributed by atoms with E-state index in [0.717, 1.165) is 29.8 Å². The molecule has 1 aromatic rings. The second-order valence-corrected chi connectivity index (χ2v) is 5.49. The zero-order valence-corrected chi connectivity index (χ0v) is 12.2. The number of rotatable bonds is 7. The van der Waals surface area contributed by atoms with Gasteiger partial charge in [0.15, 0.2) is 0 Å². The van der Waals surface area contributed by atoms with Crippen molar-refractivity contribution in [1.82, 2.24) is 4.90 Å². The van der Waals surface area contributed by atoms with Crippen molar-refractivity contribution in [1.29, 1.82) is 0 Å². The molecule has 0 heterocycles. The molecule has 96 valence electrons. The van der Waals surface area contributed by atoms with Crippen LogP contribution in [0, 0.1) is 11.7 Å². The van der Waals surface area contributed by atoms with E-state index in [1.807, 2.05) is 19.2 Å². The summed E-state index contributed by atoms with van der Waals surface area (Å²) < 4.78 is 13.4. The zero-order valence-electron chi connectivity index (χ0n) is 10.6.